The molecule has 0 amide bonds. The molecule has 0 atom stereocenters. The van der Waals surface area contributed by atoms with Crippen LogP contribution in [0.25, 0.3) is 0 Å². The zero-order valence-electron chi connectivity index (χ0n) is 10.8. The molecule has 100 valence electrons. The molecule has 5 heteroatoms. The third-order valence-corrected chi connectivity index (χ3v) is 2.30. The minimum atomic E-state index is -0.408. The highest BCUT2D eigenvalue weighted by atomic mass is 16.6. The van der Waals surface area contributed by atoms with Crippen molar-refractivity contribution in [2.75, 3.05) is 34.5 Å². The van der Waals surface area contributed by atoms with E-state index < -0.39 is 12.1 Å². The van der Waals surface area contributed by atoms with E-state index in [2.05, 4.69) is 0 Å². The first-order chi connectivity index (χ1) is 8.71. The normalized spacial score (nSPS) is 10.4. The summed E-state index contributed by atoms with van der Waals surface area (Å²) >= 11 is 0. The Kier molecular flexibility index (Phi) is 6.18. The van der Waals surface area contributed by atoms with Crippen molar-refractivity contribution in [2.24, 2.45) is 0 Å². The Morgan fingerprint density at radius 3 is 2.06 bits per heavy atom. The lowest BCUT2D eigenvalue weighted by Crippen LogP contribution is -2.27. The molecule has 18 heavy (non-hydrogen) atoms. The number of carbonyl (C=O) groups is 1. The first-order valence-electron chi connectivity index (χ1n) is 5.54. The van der Waals surface area contributed by atoms with Crippen molar-refractivity contribution in [3.8, 4) is 5.75 Å². The van der Waals surface area contributed by atoms with Crippen molar-refractivity contribution < 1.29 is 23.7 Å². The summed E-state index contributed by atoms with van der Waals surface area (Å²) in [4.78, 5) is 11.8. The summed E-state index contributed by atoms with van der Waals surface area (Å²) in [5.41, 5.74) is 0.466. The average molecular weight is 254 g/mol. The van der Waals surface area contributed by atoms with Gasteiger partial charge in [-0.05, 0) is 24.3 Å². The van der Waals surface area contributed by atoms with E-state index in [1.807, 2.05) is 0 Å². The molecule has 0 saturated carbocycles. The van der Waals surface area contributed by atoms with E-state index in [-0.39, 0.29) is 0 Å². The van der Waals surface area contributed by atoms with Crippen LogP contribution in [0, 0.1) is 0 Å². The van der Waals surface area contributed by atoms with Gasteiger partial charge < -0.3 is 18.9 Å². The minimum Gasteiger partial charge on any atom is -0.497 e. The first-order valence-corrected chi connectivity index (χ1v) is 5.54. The predicted molar refractivity (Wildman–Crippen MR) is 65.9 cm³/mol. The third-order valence-electron chi connectivity index (χ3n) is 2.30. The largest absolute Gasteiger partial charge is 0.497 e. The second-order valence-corrected chi connectivity index (χ2v) is 3.67. The summed E-state index contributed by atoms with van der Waals surface area (Å²) in [5.74, 6) is 0.286. The van der Waals surface area contributed by atoms with Crippen LogP contribution >= 0.6 is 0 Å². The van der Waals surface area contributed by atoms with Gasteiger partial charge in [0.25, 0.3) is 0 Å². The Balaban J connectivity index is 2.61. The van der Waals surface area contributed by atoms with E-state index in [0.29, 0.717) is 24.5 Å². The van der Waals surface area contributed by atoms with Crippen LogP contribution in [0.1, 0.15) is 10.4 Å². The lowest BCUT2D eigenvalue weighted by molar-refractivity contribution is -0.0223. The van der Waals surface area contributed by atoms with Crippen molar-refractivity contribution in [3.63, 3.8) is 0 Å². The molecular formula is C13H18O5. The Hall–Kier alpha value is -1.59. The average Bonchev–Trinajstić information content (AvgIpc) is 2.39. The molecule has 0 unspecified atom stereocenters. The molecule has 1 rings (SSSR count). The fourth-order valence-corrected chi connectivity index (χ4v) is 1.43. The van der Waals surface area contributed by atoms with Gasteiger partial charge in [-0.15, -0.1) is 0 Å². The van der Waals surface area contributed by atoms with Gasteiger partial charge in [0.2, 0.25) is 0 Å². The number of hydrogen-bond acceptors (Lipinski definition) is 5. The lowest BCUT2D eigenvalue weighted by atomic mass is 10.2. The zero-order valence-corrected chi connectivity index (χ0v) is 10.8. The highest BCUT2D eigenvalue weighted by molar-refractivity contribution is 5.89. The number of methoxy groups -OCH3 is 3. The van der Waals surface area contributed by atoms with E-state index >= 15 is 0 Å². The highest BCUT2D eigenvalue weighted by Crippen LogP contribution is 2.12. The maximum Gasteiger partial charge on any atom is 0.338 e. The summed E-state index contributed by atoms with van der Waals surface area (Å²) < 4.78 is 20.2. The molecule has 0 N–H and O–H groups in total. The fraction of sp³-hybridized carbons (Fsp3) is 0.462. The van der Waals surface area contributed by atoms with E-state index in [0.717, 1.165) is 0 Å². The van der Waals surface area contributed by atoms with Crippen LogP contribution < -0.4 is 4.74 Å². The molecule has 0 aromatic heterocycles. The molecule has 0 bridgehead atoms. The topological polar surface area (TPSA) is 54.0 Å². The SMILES string of the molecule is COCC(COC)OC(=O)c1ccc(OC)cc1. The molecule has 0 aliphatic rings. The number of ether oxygens (including phenoxy) is 4. The van der Waals surface area contributed by atoms with E-state index in [1.54, 1.807) is 45.6 Å². The van der Waals surface area contributed by atoms with E-state index in [9.17, 15) is 4.79 Å². The standard InChI is InChI=1S/C13H18O5/c1-15-8-12(9-16-2)18-13(14)10-4-6-11(17-3)7-5-10/h4-7,12H,8-9H2,1-3H3. The number of carbonyl (C=O) groups excluding carboxylic acids is 1. The Morgan fingerprint density at radius 1 is 1.06 bits per heavy atom. The Morgan fingerprint density at radius 2 is 1.61 bits per heavy atom. The minimum absolute atomic E-state index is 0.301. The molecule has 0 aliphatic heterocycles. The monoisotopic (exact) mass is 254 g/mol. The van der Waals surface area contributed by atoms with Crippen LogP contribution in [0.5, 0.6) is 5.75 Å². The van der Waals surface area contributed by atoms with Crippen molar-refractivity contribution in [1.82, 2.24) is 0 Å². The van der Waals surface area contributed by atoms with Crippen molar-refractivity contribution in [3.05, 3.63) is 29.8 Å². The zero-order chi connectivity index (χ0) is 13.4. The highest BCUT2D eigenvalue weighted by Gasteiger charge is 2.15. The van der Waals surface area contributed by atoms with Gasteiger partial charge in [-0.1, -0.05) is 0 Å². The van der Waals surface area contributed by atoms with Gasteiger partial charge in [-0.3, -0.25) is 0 Å². The van der Waals surface area contributed by atoms with Gasteiger partial charge in [-0.2, -0.15) is 0 Å². The maximum absolute atomic E-state index is 11.8. The number of rotatable bonds is 7. The van der Waals surface area contributed by atoms with E-state index in [4.69, 9.17) is 18.9 Å². The molecule has 0 spiro atoms. The first kappa shape index (κ1) is 14.5. The van der Waals surface area contributed by atoms with Crippen LogP contribution in [-0.4, -0.2) is 46.6 Å². The van der Waals surface area contributed by atoms with Crippen molar-refractivity contribution >= 4 is 5.97 Å². The predicted octanol–water partition coefficient (Wildman–Crippen LogP) is 1.51. The van der Waals surface area contributed by atoms with Crippen molar-refractivity contribution in [2.45, 2.75) is 6.10 Å². The molecule has 5 nitrogen and oxygen atoms in total. The maximum atomic E-state index is 11.8. The van der Waals surface area contributed by atoms with Gasteiger partial charge in [0.05, 0.1) is 25.9 Å². The molecule has 0 aliphatic carbocycles. The quantitative estimate of drug-likeness (QED) is 0.690. The molecule has 1 aromatic rings. The lowest BCUT2D eigenvalue weighted by Gasteiger charge is -2.16. The second-order valence-electron chi connectivity index (χ2n) is 3.67. The summed E-state index contributed by atoms with van der Waals surface area (Å²) in [6, 6.07) is 6.71. The summed E-state index contributed by atoms with van der Waals surface area (Å²) in [7, 11) is 4.66. The smallest absolute Gasteiger partial charge is 0.338 e. The number of esters is 1. The third kappa shape index (κ3) is 4.35. The van der Waals surface area contributed by atoms with Crippen molar-refractivity contribution in [1.29, 1.82) is 0 Å². The van der Waals surface area contributed by atoms with Crippen LogP contribution in [-0.2, 0) is 14.2 Å². The molecule has 1 aromatic carbocycles. The van der Waals surface area contributed by atoms with Crippen LogP contribution in [0.15, 0.2) is 24.3 Å². The molecule has 0 fully saturated rings. The van der Waals surface area contributed by atoms with Crippen LogP contribution in [0.3, 0.4) is 0 Å². The Labute approximate surface area is 107 Å². The van der Waals surface area contributed by atoms with Gasteiger partial charge in [-0.25, -0.2) is 4.79 Å². The number of benzene rings is 1. The van der Waals surface area contributed by atoms with Gasteiger partial charge in [0.1, 0.15) is 11.9 Å². The summed E-state index contributed by atoms with van der Waals surface area (Å²) in [5, 5.41) is 0. The second kappa shape index (κ2) is 7.68. The molecule has 0 radical (unpaired) electrons. The van der Waals surface area contributed by atoms with E-state index in [1.165, 1.54) is 0 Å². The van der Waals surface area contributed by atoms with Gasteiger partial charge in [0.15, 0.2) is 0 Å². The Bertz CT molecular complexity index is 354. The summed E-state index contributed by atoms with van der Waals surface area (Å²) in [6.07, 6.45) is -0.408. The molecule has 0 heterocycles. The number of hydrogen-bond donors (Lipinski definition) is 0. The van der Waals surface area contributed by atoms with Crippen LogP contribution in [0.4, 0.5) is 0 Å². The summed E-state index contributed by atoms with van der Waals surface area (Å²) in [6.45, 7) is 0.603. The molecular weight excluding hydrogens is 236 g/mol. The fourth-order valence-electron chi connectivity index (χ4n) is 1.43. The van der Waals surface area contributed by atoms with Gasteiger partial charge >= 0.3 is 5.97 Å². The molecule has 0 saturated heterocycles. The van der Waals surface area contributed by atoms with Crippen LogP contribution in [0.2, 0.25) is 0 Å². The van der Waals surface area contributed by atoms with Gasteiger partial charge in [0, 0.05) is 14.2 Å².